The van der Waals surface area contributed by atoms with Crippen molar-refractivity contribution in [2.75, 3.05) is 0 Å². The third kappa shape index (κ3) is 2.83. The Morgan fingerprint density at radius 3 is 2.04 bits per heavy atom. The molecule has 6 nitrogen and oxygen atoms in total. The lowest BCUT2D eigenvalue weighted by Crippen LogP contribution is -2.42. The summed E-state index contributed by atoms with van der Waals surface area (Å²) in [5, 5.41) is 8.97. The minimum atomic E-state index is -1.21. The summed E-state index contributed by atoms with van der Waals surface area (Å²) in [6, 6.07) is 12.2. The van der Waals surface area contributed by atoms with Crippen molar-refractivity contribution in [1.82, 2.24) is 9.13 Å². The Balaban J connectivity index is 2.23. The van der Waals surface area contributed by atoms with Crippen LogP contribution in [0.15, 0.2) is 58.1 Å². The largest absolute Gasteiger partial charge is 0.480 e. The highest BCUT2D eigenvalue weighted by Crippen LogP contribution is 2.12. The molecule has 1 heterocycles. The normalized spacial score (nSPS) is 10.9. The SMILES string of the molecule is O=C(O)Cn1c(=O)c(=O)n(Cc2ccc(F)cc2)c2ccccc21. The van der Waals surface area contributed by atoms with Gasteiger partial charge in [0.05, 0.1) is 17.6 Å². The first kappa shape index (κ1) is 15.7. The Morgan fingerprint density at radius 1 is 0.917 bits per heavy atom. The van der Waals surface area contributed by atoms with E-state index in [2.05, 4.69) is 0 Å². The van der Waals surface area contributed by atoms with Crippen LogP contribution in [0.1, 0.15) is 5.56 Å². The molecular formula is C17H13FN2O4. The standard InChI is InChI=1S/C17H13FN2O4/c18-12-7-5-11(6-8-12)9-19-13-3-1-2-4-14(13)20(10-15(21)22)17(24)16(19)23/h1-8H,9-10H2,(H,21,22). The summed E-state index contributed by atoms with van der Waals surface area (Å²) >= 11 is 0. The summed E-state index contributed by atoms with van der Waals surface area (Å²) in [5.74, 6) is -1.61. The molecule has 2 aromatic carbocycles. The van der Waals surface area contributed by atoms with Crippen LogP contribution in [0.3, 0.4) is 0 Å². The fraction of sp³-hybridized carbons (Fsp3) is 0.118. The van der Waals surface area contributed by atoms with Gasteiger partial charge in [0.25, 0.3) is 0 Å². The molecule has 0 bridgehead atoms. The number of carbonyl (C=O) groups is 1. The van der Waals surface area contributed by atoms with Gasteiger partial charge in [0.1, 0.15) is 12.4 Å². The molecule has 0 spiro atoms. The van der Waals surface area contributed by atoms with Crippen molar-refractivity contribution in [3.63, 3.8) is 0 Å². The van der Waals surface area contributed by atoms with Crippen LogP contribution in [-0.2, 0) is 17.9 Å². The van der Waals surface area contributed by atoms with Crippen molar-refractivity contribution in [3.8, 4) is 0 Å². The molecule has 0 atom stereocenters. The maximum Gasteiger partial charge on any atom is 0.323 e. The molecule has 7 heteroatoms. The third-order valence-corrected chi connectivity index (χ3v) is 3.68. The molecule has 0 saturated heterocycles. The summed E-state index contributed by atoms with van der Waals surface area (Å²) in [5.41, 5.74) is -0.282. The molecule has 0 saturated carbocycles. The van der Waals surface area contributed by atoms with E-state index in [-0.39, 0.29) is 6.54 Å². The monoisotopic (exact) mass is 328 g/mol. The van der Waals surface area contributed by atoms with Crippen LogP contribution in [-0.4, -0.2) is 20.2 Å². The number of aromatic nitrogens is 2. The molecule has 24 heavy (non-hydrogen) atoms. The molecule has 1 aromatic heterocycles. The minimum absolute atomic E-state index is 0.0861. The highest BCUT2D eigenvalue weighted by molar-refractivity contribution is 5.77. The zero-order chi connectivity index (χ0) is 17.3. The van der Waals surface area contributed by atoms with Crippen LogP contribution in [0.25, 0.3) is 11.0 Å². The van der Waals surface area contributed by atoms with Gasteiger partial charge in [0.15, 0.2) is 0 Å². The number of carboxylic acids is 1. The highest BCUT2D eigenvalue weighted by atomic mass is 19.1. The lowest BCUT2D eigenvalue weighted by Gasteiger charge is -2.14. The van der Waals surface area contributed by atoms with E-state index in [0.29, 0.717) is 16.6 Å². The third-order valence-electron chi connectivity index (χ3n) is 3.68. The molecule has 0 aliphatic heterocycles. The Bertz CT molecular complexity index is 1040. The summed E-state index contributed by atoms with van der Waals surface area (Å²) in [6.07, 6.45) is 0. The minimum Gasteiger partial charge on any atom is -0.480 e. The number of benzene rings is 2. The van der Waals surface area contributed by atoms with E-state index in [1.54, 1.807) is 24.3 Å². The van der Waals surface area contributed by atoms with Gasteiger partial charge in [-0.3, -0.25) is 23.5 Å². The molecule has 1 N–H and O–H groups in total. The zero-order valence-corrected chi connectivity index (χ0v) is 12.5. The number of carboxylic acid groups (broad SMARTS) is 1. The van der Waals surface area contributed by atoms with Gasteiger partial charge in [0, 0.05) is 0 Å². The van der Waals surface area contributed by atoms with E-state index >= 15 is 0 Å². The predicted octanol–water partition coefficient (Wildman–Crippen LogP) is 1.44. The smallest absolute Gasteiger partial charge is 0.323 e. The second kappa shape index (κ2) is 6.11. The molecule has 0 fully saturated rings. The van der Waals surface area contributed by atoms with E-state index in [1.807, 2.05) is 0 Å². The fourth-order valence-corrected chi connectivity index (χ4v) is 2.59. The summed E-state index contributed by atoms with van der Waals surface area (Å²) in [7, 11) is 0. The second-order valence-corrected chi connectivity index (χ2v) is 5.29. The zero-order valence-electron chi connectivity index (χ0n) is 12.5. The first-order chi connectivity index (χ1) is 11.5. The van der Waals surface area contributed by atoms with Crippen LogP contribution in [0.2, 0.25) is 0 Å². The molecular weight excluding hydrogens is 315 g/mol. The molecule has 3 aromatic rings. The Kier molecular flexibility index (Phi) is 3.99. The van der Waals surface area contributed by atoms with E-state index in [0.717, 1.165) is 4.57 Å². The van der Waals surface area contributed by atoms with Crippen LogP contribution >= 0.6 is 0 Å². The van der Waals surface area contributed by atoms with Crippen molar-refractivity contribution in [2.24, 2.45) is 0 Å². The lowest BCUT2D eigenvalue weighted by atomic mass is 10.2. The van der Waals surface area contributed by atoms with E-state index in [1.165, 1.54) is 28.8 Å². The van der Waals surface area contributed by atoms with Gasteiger partial charge >= 0.3 is 17.1 Å². The predicted molar refractivity (Wildman–Crippen MR) is 85.6 cm³/mol. The van der Waals surface area contributed by atoms with Crippen molar-refractivity contribution < 1.29 is 14.3 Å². The topological polar surface area (TPSA) is 81.3 Å². The van der Waals surface area contributed by atoms with Crippen molar-refractivity contribution >= 4 is 17.0 Å². The number of fused-ring (bicyclic) bond motifs is 1. The fourth-order valence-electron chi connectivity index (χ4n) is 2.59. The number of aliphatic carboxylic acids is 1. The highest BCUT2D eigenvalue weighted by Gasteiger charge is 2.14. The first-order valence-electron chi connectivity index (χ1n) is 7.16. The number of nitrogens with zero attached hydrogens (tertiary/aromatic N) is 2. The van der Waals surface area contributed by atoms with Gasteiger partial charge in [0.2, 0.25) is 0 Å². The Morgan fingerprint density at radius 2 is 1.46 bits per heavy atom. The van der Waals surface area contributed by atoms with Gasteiger partial charge in [-0.25, -0.2) is 4.39 Å². The first-order valence-corrected chi connectivity index (χ1v) is 7.16. The van der Waals surface area contributed by atoms with Gasteiger partial charge < -0.3 is 5.11 Å². The summed E-state index contributed by atoms with van der Waals surface area (Å²) in [4.78, 5) is 35.7. The molecule has 0 aliphatic carbocycles. The molecule has 122 valence electrons. The van der Waals surface area contributed by atoms with Gasteiger partial charge in [-0.2, -0.15) is 0 Å². The summed E-state index contributed by atoms with van der Waals surface area (Å²) in [6.45, 7) is -0.505. The lowest BCUT2D eigenvalue weighted by molar-refractivity contribution is -0.137. The van der Waals surface area contributed by atoms with E-state index in [9.17, 15) is 18.8 Å². The Hall–Kier alpha value is -3.22. The quantitative estimate of drug-likeness (QED) is 0.735. The summed E-state index contributed by atoms with van der Waals surface area (Å²) < 4.78 is 15.2. The van der Waals surface area contributed by atoms with E-state index in [4.69, 9.17) is 5.11 Å². The van der Waals surface area contributed by atoms with Gasteiger partial charge in [-0.15, -0.1) is 0 Å². The maximum atomic E-state index is 13.0. The molecule has 0 radical (unpaired) electrons. The van der Waals surface area contributed by atoms with Gasteiger partial charge in [-0.05, 0) is 29.8 Å². The number of halogens is 1. The van der Waals surface area contributed by atoms with E-state index < -0.39 is 29.4 Å². The number of hydrogen-bond acceptors (Lipinski definition) is 3. The van der Waals surface area contributed by atoms with Crippen molar-refractivity contribution in [3.05, 3.63) is 80.6 Å². The number of rotatable bonds is 4. The maximum absolute atomic E-state index is 13.0. The molecule has 0 amide bonds. The average Bonchev–Trinajstić information content (AvgIpc) is 2.57. The second-order valence-electron chi connectivity index (χ2n) is 5.29. The molecule has 3 rings (SSSR count). The molecule has 0 unspecified atom stereocenters. The number of hydrogen-bond donors (Lipinski definition) is 1. The van der Waals surface area contributed by atoms with Crippen LogP contribution in [0.4, 0.5) is 4.39 Å². The molecule has 0 aliphatic rings. The van der Waals surface area contributed by atoms with Crippen LogP contribution in [0.5, 0.6) is 0 Å². The van der Waals surface area contributed by atoms with Crippen LogP contribution in [0, 0.1) is 5.82 Å². The van der Waals surface area contributed by atoms with Crippen molar-refractivity contribution in [1.29, 1.82) is 0 Å². The van der Waals surface area contributed by atoms with Crippen LogP contribution < -0.4 is 11.1 Å². The number of para-hydroxylation sites is 2. The average molecular weight is 328 g/mol. The van der Waals surface area contributed by atoms with Crippen molar-refractivity contribution in [2.45, 2.75) is 13.1 Å². The Labute approximate surface area is 135 Å². The van der Waals surface area contributed by atoms with Gasteiger partial charge in [-0.1, -0.05) is 24.3 Å².